The SMILES string of the molecule is CC[C@@H](NN)c1cccc(F)c1F. The highest BCUT2D eigenvalue weighted by Crippen LogP contribution is 2.20. The van der Waals surface area contributed by atoms with Crippen molar-refractivity contribution >= 4 is 0 Å². The number of nitrogens with one attached hydrogen (secondary N) is 1. The summed E-state index contributed by atoms with van der Waals surface area (Å²) in [5, 5.41) is 0. The van der Waals surface area contributed by atoms with Crippen molar-refractivity contribution in [2.75, 3.05) is 0 Å². The van der Waals surface area contributed by atoms with Gasteiger partial charge in [-0.2, -0.15) is 0 Å². The summed E-state index contributed by atoms with van der Waals surface area (Å²) in [6, 6.07) is 3.73. The Kier molecular flexibility index (Phi) is 3.33. The van der Waals surface area contributed by atoms with Gasteiger partial charge in [0.15, 0.2) is 11.6 Å². The third-order valence-electron chi connectivity index (χ3n) is 1.97. The van der Waals surface area contributed by atoms with Crippen LogP contribution in [0.3, 0.4) is 0 Å². The average Bonchev–Trinajstić information content (AvgIpc) is 2.14. The van der Waals surface area contributed by atoms with Crippen LogP contribution >= 0.6 is 0 Å². The fourth-order valence-corrected chi connectivity index (χ4v) is 1.22. The second-order valence-corrected chi connectivity index (χ2v) is 2.77. The molecule has 0 saturated carbocycles. The molecule has 3 N–H and O–H groups in total. The molecule has 0 aliphatic rings. The lowest BCUT2D eigenvalue weighted by Gasteiger charge is -2.14. The molecule has 0 saturated heterocycles. The van der Waals surface area contributed by atoms with Gasteiger partial charge in [-0.3, -0.25) is 11.3 Å². The number of hydrogen-bond donors (Lipinski definition) is 2. The van der Waals surface area contributed by atoms with Gasteiger partial charge >= 0.3 is 0 Å². The monoisotopic (exact) mass is 186 g/mol. The Bertz CT molecular complexity index is 285. The van der Waals surface area contributed by atoms with Gasteiger partial charge in [-0.25, -0.2) is 8.78 Å². The number of hydrazine groups is 1. The van der Waals surface area contributed by atoms with E-state index >= 15 is 0 Å². The molecular weight excluding hydrogens is 174 g/mol. The molecule has 0 heterocycles. The predicted molar refractivity (Wildman–Crippen MR) is 46.7 cm³/mol. The molecular formula is C9H12F2N2. The Morgan fingerprint density at radius 1 is 1.46 bits per heavy atom. The lowest BCUT2D eigenvalue weighted by Crippen LogP contribution is -2.28. The van der Waals surface area contributed by atoms with E-state index in [9.17, 15) is 8.78 Å². The van der Waals surface area contributed by atoms with E-state index in [0.29, 0.717) is 6.42 Å². The van der Waals surface area contributed by atoms with Crippen molar-refractivity contribution in [1.82, 2.24) is 5.43 Å². The zero-order valence-corrected chi connectivity index (χ0v) is 7.35. The van der Waals surface area contributed by atoms with E-state index in [4.69, 9.17) is 5.84 Å². The summed E-state index contributed by atoms with van der Waals surface area (Å²) in [7, 11) is 0. The van der Waals surface area contributed by atoms with Crippen LogP contribution in [0.5, 0.6) is 0 Å². The Morgan fingerprint density at radius 2 is 2.15 bits per heavy atom. The standard InChI is InChI=1S/C9H12F2N2/c1-2-8(13-12)6-4-3-5-7(10)9(6)11/h3-5,8,13H,2,12H2,1H3/t8-/m1/s1. The summed E-state index contributed by atoms with van der Waals surface area (Å²) in [5.41, 5.74) is 2.70. The van der Waals surface area contributed by atoms with Gasteiger partial charge in [0, 0.05) is 11.6 Å². The van der Waals surface area contributed by atoms with Crippen LogP contribution in [0.4, 0.5) is 8.78 Å². The first-order valence-electron chi connectivity index (χ1n) is 4.10. The van der Waals surface area contributed by atoms with E-state index in [-0.39, 0.29) is 11.6 Å². The van der Waals surface area contributed by atoms with E-state index in [2.05, 4.69) is 5.43 Å². The van der Waals surface area contributed by atoms with Crippen LogP contribution in [-0.4, -0.2) is 0 Å². The number of hydrogen-bond acceptors (Lipinski definition) is 2. The molecule has 0 unspecified atom stereocenters. The Balaban J connectivity index is 3.05. The van der Waals surface area contributed by atoms with Gasteiger partial charge < -0.3 is 0 Å². The summed E-state index contributed by atoms with van der Waals surface area (Å²) in [5.74, 6) is 3.53. The van der Waals surface area contributed by atoms with Gasteiger partial charge in [0.25, 0.3) is 0 Å². The van der Waals surface area contributed by atoms with Crippen molar-refractivity contribution in [3.05, 3.63) is 35.4 Å². The minimum Gasteiger partial charge on any atom is -0.271 e. The first kappa shape index (κ1) is 10.1. The highest BCUT2D eigenvalue weighted by atomic mass is 19.2. The lowest BCUT2D eigenvalue weighted by molar-refractivity contribution is 0.460. The van der Waals surface area contributed by atoms with Gasteiger partial charge in [-0.15, -0.1) is 0 Å². The van der Waals surface area contributed by atoms with E-state index in [1.807, 2.05) is 6.92 Å². The number of rotatable bonds is 3. The fourth-order valence-electron chi connectivity index (χ4n) is 1.22. The van der Waals surface area contributed by atoms with Crippen molar-refractivity contribution in [2.45, 2.75) is 19.4 Å². The zero-order valence-electron chi connectivity index (χ0n) is 7.35. The van der Waals surface area contributed by atoms with E-state index in [1.54, 1.807) is 0 Å². The first-order valence-corrected chi connectivity index (χ1v) is 4.10. The van der Waals surface area contributed by atoms with Crippen LogP contribution in [0, 0.1) is 11.6 Å². The topological polar surface area (TPSA) is 38.0 Å². The molecule has 0 amide bonds. The molecule has 0 radical (unpaired) electrons. The molecule has 4 heteroatoms. The van der Waals surface area contributed by atoms with Gasteiger partial charge in [-0.1, -0.05) is 19.1 Å². The fraction of sp³-hybridized carbons (Fsp3) is 0.333. The third-order valence-corrected chi connectivity index (χ3v) is 1.97. The molecule has 72 valence electrons. The van der Waals surface area contributed by atoms with Crippen molar-refractivity contribution in [3.8, 4) is 0 Å². The summed E-state index contributed by atoms with van der Waals surface area (Å²) in [6.07, 6.45) is 0.608. The maximum atomic E-state index is 13.2. The lowest BCUT2D eigenvalue weighted by atomic mass is 10.0. The van der Waals surface area contributed by atoms with Crippen molar-refractivity contribution in [1.29, 1.82) is 0 Å². The van der Waals surface area contributed by atoms with E-state index in [1.165, 1.54) is 12.1 Å². The summed E-state index contributed by atoms with van der Waals surface area (Å²) in [6.45, 7) is 1.84. The second kappa shape index (κ2) is 4.30. The van der Waals surface area contributed by atoms with Crippen molar-refractivity contribution in [2.24, 2.45) is 5.84 Å². The molecule has 0 aliphatic heterocycles. The molecule has 1 atom stereocenters. The molecule has 0 aliphatic carbocycles. The Labute approximate surface area is 75.7 Å². The van der Waals surface area contributed by atoms with Gasteiger partial charge in [-0.05, 0) is 12.5 Å². The maximum Gasteiger partial charge on any atom is 0.163 e. The number of benzene rings is 1. The molecule has 0 bridgehead atoms. The van der Waals surface area contributed by atoms with Gasteiger partial charge in [0.2, 0.25) is 0 Å². The number of nitrogens with two attached hydrogens (primary N) is 1. The van der Waals surface area contributed by atoms with Gasteiger partial charge in [0.05, 0.1) is 0 Å². The molecule has 1 aromatic carbocycles. The molecule has 0 aromatic heterocycles. The van der Waals surface area contributed by atoms with Crippen LogP contribution in [0.2, 0.25) is 0 Å². The first-order chi connectivity index (χ1) is 6.20. The highest BCUT2D eigenvalue weighted by Gasteiger charge is 2.14. The Morgan fingerprint density at radius 3 is 2.69 bits per heavy atom. The smallest absolute Gasteiger partial charge is 0.163 e. The molecule has 0 spiro atoms. The minimum atomic E-state index is -0.841. The third kappa shape index (κ3) is 2.02. The van der Waals surface area contributed by atoms with Crippen molar-refractivity contribution < 1.29 is 8.78 Å². The molecule has 0 fully saturated rings. The minimum absolute atomic E-state index is 0.269. The number of halogens is 2. The molecule has 13 heavy (non-hydrogen) atoms. The van der Waals surface area contributed by atoms with Crippen LogP contribution in [0.15, 0.2) is 18.2 Å². The van der Waals surface area contributed by atoms with Gasteiger partial charge in [0.1, 0.15) is 0 Å². The molecule has 2 nitrogen and oxygen atoms in total. The van der Waals surface area contributed by atoms with Crippen molar-refractivity contribution in [3.63, 3.8) is 0 Å². The van der Waals surface area contributed by atoms with Crippen LogP contribution in [-0.2, 0) is 0 Å². The predicted octanol–water partition coefficient (Wildman–Crippen LogP) is 1.88. The summed E-state index contributed by atoms with van der Waals surface area (Å²) >= 11 is 0. The van der Waals surface area contributed by atoms with Crippen LogP contribution in [0.1, 0.15) is 24.9 Å². The maximum absolute atomic E-state index is 13.2. The average molecular weight is 186 g/mol. The highest BCUT2D eigenvalue weighted by molar-refractivity contribution is 5.22. The summed E-state index contributed by atoms with van der Waals surface area (Å²) in [4.78, 5) is 0. The molecule has 1 aromatic rings. The zero-order chi connectivity index (χ0) is 9.84. The quantitative estimate of drug-likeness (QED) is 0.558. The normalized spacial score (nSPS) is 12.9. The molecule has 1 rings (SSSR count). The van der Waals surface area contributed by atoms with Crippen LogP contribution < -0.4 is 11.3 Å². The summed E-state index contributed by atoms with van der Waals surface area (Å²) < 4.78 is 25.9. The van der Waals surface area contributed by atoms with Crippen LogP contribution in [0.25, 0.3) is 0 Å². The second-order valence-electron chi connectivity index (χ2n) is 2.77. The Hall–Kier alpha value is -1.00. The van der Waals surface area contributed by atoms with E-state index in [0.717, 1.165) is 6.07 Å². The van der Waals surface area contributed by atoms with E-state index < -0.39 is 11.6 Å². The largest absolute Gasteiger partial charge is 0.271 e.